The van der Waals surface area contributed by atoms with Crippen molar-refractivity contribution in [2.24, 2.45) is 0 Å². The molecule has 7 rings (SSSR count). The fourth-order valence-corrected chi connectivity index (χ4v) is 5.28. The van der Waals surface area contributed by atoms with Crippen molar-refractivity contribution in [3.05, 3.63) is 115 Å². The molecule has 0 spiro atoms. The molecule has 0 amide bonds. The van der Waals surface area contributed by atoms with Crippen LogP contribution in [0.25, 0.3) is 28.4 Å². The lowest BCUT2D eigenvalue weighted by molar-refractivity contribution is 0.617. The third kappa shape index (κ3) is 5.07. The maximum atomic E-state index is 14.0. The zero-order valence-corrected chi connectivity index (χ0v) is 22.1. The van der Waals surface area contributed by atoms with E-state index in [0.717, 1.165) is 53.4 Å². The molecule has 1 N–H and O–H groups in total. The van der Waals surface area contributed by atoms with Gasteiger partial charge in [-0.3, -0.25) is 4.98 Å². The molecule has 0 saturated carbocycles. The van der Waals surface area contributed by atoms with Crippen LogP contribution in [-0.4, -0.2) is 41.1 Å². The van der Waals surface area contributed by atoms with Crippen molar-refractivity contribution in [3.63, 3.8) is 0 Å². The number of aromatic nitrogens is 7. The van der Waals surface area contributed by atoms with Crippen molar-refractivity contribution in [2.75, 3.05) is 16.8 Å². The van der Waals surface area contributed by atoms with E-state index in [1.165, 1.54) is 6.07 Å². The number of benzene rings is 1. The first-order chi connectivity index (χ1) is 20.2. The first-order valence-corrected chi connectivity index (χ1v) is 13.5. The number of nitrogens with zero attached hydrogens (tertiary/aromatic N) is 8. The fourth-order valence-electron chi connectivity index (χ4n) is 5.28. The predicted molar refractivity (Wildman–Crippen MR) is 155 cm³/mol. The van der Waals surface area contributed by atoms with E-state index in [9.17, 15) is 4.39 Å². The number of hydrogen-bond acceptors (Lipinski definition) is 8. The van der Waals surface area contributed by atoms with Crippen LogP contribution in [0.2, 0.25) is 0 Å². The lowest BCUT2D eigenvalue weighted by Gasteiger charge is -2.26. The molecule has 0 radical (unpaired) electrons. The molecule has 202 valence electrons. The van der Waals surface area contributed by atoms with E-state index in [1.54, 1.807) is 30.7 Å². The second kappa shape index (κ2) is 10.7. The highest BCUT2D eigenvalue weighted by Gasteiger charge is 2.28. The summed E-state index contributed by atoms with van der Waals surface area (Å²) in [5.74, 6) is 1.11. The van der Waals surface area contributed by atoms with Gasteiger partial charge in [-0.1, -0.05) is 24.3 Å². The Hall–Kier alpha value is -5.25. The number of imidazole rings is 1. The Morgan fingerprint density at radius 1 is 0.854 bits per heavy atom. The van der Waals surface area contributed by atoms with E-state index >= 15 is 0 Å². The van der Waals surface area contributed by atoms with Crippen molar-refractivity contribution < 1.29 is 4.39 Å². The summed E-state index contributed by atoms with van der Waals surface area (Å²) in [4.78, 5) is 24.9. The van der Waals surface area contributed by atoms with Crippen LogP contribution < -0.4 is 10.2 Å². The molecule has 6 aromatic rings. The summed E-state index contributed by atoms with van der Waals surface area (Å²) in [6.07, 6.45) is 9.02. The standard InChI is InChI=1S/C31H26FN9/c32-23-7-1-6-22(17-23)27-10-4-16-40(27)30-12-11-29-35-20-28(41(29)39-30)26-9-2-8-24(37-26)25-13-15-34-31(38-25)36-19-21-5-3-14-33-18-21/h1-3,5-9,11-15,17-18,20,27H,4,10,16,19H2,(H,34,36,38)/t27-/m1/s1. The third-order valence-electron chi connectivity index (χ3n) is 7.23. The summed E-state index contributed by atoms with van der Waals surface area (Å²) in [5.41, 5.74) is 5.64. The van der Waals surface area contributed by atoms with Gasteiger partial charge in [-0.15, -0.1) is 5.10 Å². The fraction of sp³-hybridized carbons (Fsp3) is 0.161. The number of halogens is 1. The minimum atomic E-state index is -0.222. The SMILES string of the molecule is Fc1cccc([C@H]2CCCN2c2ccc3ncc(-c4cccc(-c5ccnc(NCc6cccnc6)n5)n4)n3n2)c1. The number of anilines is 2. The van der Waals surface area contributed by atoms with Gasteiger partial charge >= 0.3 is 0 Å². The summed E-state index contributed by atoms with van der Waals surface area (Å²) >= 11 is 0. The molecule has 9 nitrogen and oxygen atoms in total. The lowest BCUT2D eigenvalue weighted by atomic mass is 10.0. The largest absolute Gasteiger partial charge is 0.350 e. The summed E-state index contributed by atoms with van der Waals surface area (Å²) in [5, 5.41) is 8.22. The minimum absolute atomic E-state index is 0.0720. The van der Waals surface area contributed by atoms with Crippen LogP contribution in [0.3, 0.4) is 0 Å². The Morgan fingerprint density at radius 2 is 1.76 bits per heavy atom. The average Bonchev–Trinajstić information content (AvgIpc) is 3.68. The molecule has 0 aliphatic carbocycles. The van der Waals surface area contributed by atoms with Gasteiger partial charge in [0.2, 0.25) is 5.95 Å². The molecule has 1 aliphatic rings. The molecule has 1 aromatic carbocycles. The van der Waals surface area contributed by atoms with Crippen LogP contribution in [-0.2, 0) is 6.54 Å². The van der Waals surface area contributed by atoms with Gasteiger partial charge in [-0.25, -0.2) is 28.8 Å². The summed E-state index contributed by atoms with van der Waals surface area (Å²) in [7, 11) is 0. The highest BCUT2D eigenvalue weighted by Crippen LogP contribution is 2.35. The van der Waals surface area contributed by atoms with Crippen molar-refractivity contribution >= 4 is 17.4 Å². The second-order valence-corrected chi connectivity index (χ2v) is 9.90. The molecular weight excluding hydrogens is 517 g/mol. The molecule has 1 atom stereocenters. The Balaban J connectivity index is 1.18. The van der Waals surface area contributed by atoms with Gasteiger partial charge in [0, 0.05) is 31.7 Å². The third-order valence-corrected chi connectivity index (χ3v) is 7.23. The van der Waals surface area contributed by atoms with E-state index in [4.69, 9.17) is 10.1 Å². The number of nitrogens with one attached hydrogen (secondary N) is 1. The van der Waals surface area contributed by atoms with Crippen LogP contribution in [0, 0.1) is 5.82 Å². The number of hydrogen-bond donors (Lipinski definition) is 1. The summed E-state index contributed by atoms with van der Waals surface area (Å²) < 4.78 is 15.8. The zero-order chi connectivity index (χ0) is 27.6. The van der Waals surface area contributed by atoms with E-state index in [2.05, 4.69) is 30.2 Å². The molecule has 1 aliphatic heterocycles. The maximum absolute atomic E-state index is 14.0. The molecular formula is C31H26FN9. The second-order valence-electron chi connectivity index (χ2n) is 9.90. The van der Waals surface area contributed by atoms with Crippen molar-refractivity contribution in [1.29, 1.82) is 0 Å². The van der Waals surface area contributed by atoms with E-state index in [1.807, 2.05) is 65.3 Å². The van der Waals surface area contributed by atoms with Crippen molar-refractivity contribution in [2.45, 2.75) is 25.4 Å². The molecule has 41 heavy (non-hydrogen) atoms. The monoisotopic (exact) mass is 543 g/mol. The molecule has 1 fully saturated rings. The molecule has 0 bridgehead atoms. The number of rotatable bonds is 7. The van der Waals surface area contributed by atoms with Gasteiger partial charge in [0.15, 0.2) is 5.65 Å². The van der Waals surface area contributed by atoms with Crippen LogP contribution in [0.4, 0.5) is 16.2 Å². The highest BCUT2D eigenvalue weighted by atomic mass is 19.1. The quantitative estimate of drug-likeness (QED) is 0.272. The summed E-state index contributed by atoms with van der Waals surface area (Å²) in [6.45, 7) is 1.42. The molecule has 0 unspecified atom stereocenters. The Bertz CT molecular complexity index is 1820. The van der Waals surface area contributed by atoms with Gasteiger partial charge in [0.25, 0.3) is 0 Å². The first-order valence-electron chi connectivity index (χ1n) is 13.5. The van der Waals surface area contributed by atoms with Crippen molar-refractivity contribution in [3.8, 4) is 22.8 Å². The predicted octanol–water partition coefficient (Wildman–Crippen LogP) is 5.74. The zero-order valence-electron chi connectivity index (χ0n) is 22.1. The number of fused-ring (bicyclic) bond motifs is 1. The highest BCUT2D eigenvalue weighted by molar-refractivity contribution is 5.65. The van der Waals surface area contributed by atoms with E-state index in [0.29, 0.717) is 23.9 Å². The average molecular weight is 544 g/mol. The van der Waals surface area contributed by atoms with E-state index < -0.39 is 0 Å². The molecule has 10 heteroatoms. The summed E-state index contributed by atoms with van der Waals surface area (Å²) in [6, 6.07) is 22.4. The van der Waals surface area contributed by atoms with Gasteiger partial charge < -0.3 is 10.2 Å². The first kappa shape index (κ1) is 24.8. The molecule has 6 heterocycles. The minimum Gasteiger partial charge on any atom is -0.350 e. The maximum Gasteiger partial charge on any atom is 0.223 e. The van der Waals surface area contributed by atoms with Crippen LogP contribution in [0.15, 0.2) is 97.6 Å². The van der Waals surface area contributed by atoms with Crippen LogP contribution in [0.5, 0.6) is 0 Å². The van der Waals surface area contributed by atoms with Gasteiger partial charge in [-0.05, 0) is 72.5 Å². The Kier molecular flexibility index (Phi) is 6.48. The van der Waals surface area contributed by atoms with E-state index in [-0.39, 0.29) is 11.9 Å². The van der Waals surface area contributed by atoms with Gasteiger partial charge in [-0.2, -0.15) is 0 Å². The van der Waals surface area contributed by atoms with Crippen LogP contribution in [0.1, 0.15) is 30.0 Å². The Labute approximate surface area is 235 Å². The van der Waals surface area contributed by atoms with Crippen LogP contribution >= 0.6 is 0 Å². The number of pyridine rings is 2. The lowest BCUT2D eigenvalue weighted by Crippen LogP contribution is -2.24. The van der Waals surface area contributed by atoms with Gasteiger partial charge in [0.05, 0.1) is 29.3 Å². The van der Waals surface area contributed by atoms with Gasteiger partial charge in [0.1, 0.15) is 17.3 Å². The topological polar surface area (TPSA) is 97.0 Å². The smallest absolute Gasteiger partial charge is 0.223 e. The molecule has 1 saturated heterocycles. The van der Waals surface area contributed by atoms with Crippen molar-refractivity contribution in [1.82, 2.24) is 34.5 Å². The Morgan fingerprint density at radius 3 is 2.66 bits per heavy atom. The molecule has 5 aromatic heterocycles. The normalized spacial score (nSPS) is 15.0.